The van der Waals surface area contributed by atoms with Gasteiger partial charge in [0.1, 0.15) is 0 Å². The molecule has 1 amide bonds. The van der Waals surface area contributed by atoms with E-state index in [4.69, 9.17) is 0 Å². The van der Waals surface area contributed by atoms with Crippen molar-refractivity contribution in [1.82, 2.24) is 9.97 Å². The Hall–Kier alpha value is -2.29. The van der Waals surface area contributed by atoms with Crippen LogP contribution in [0.15, 0.2) is 40.3 Å². The van der Waals surface area contributed by atoms with Crippen LogP contribution in [0, 0.1) is 0 Å². The maximum absolute atomic E-state index is 12.9. The first-order valence-electron chi connectivity index (χ1n) is 6.98. The minimum absolute atomic E-state index is 0.178. The molecule has 0 radical (unpaired) electrons. The highest BCUT2D eigenvalue weighted by molar-refractivity contribution is 7.99. The zero-order valence-electron chi connectivity index (χ0n) is 12.6. The second-order valence-corrected chi connectivity index (χ2v) is 5.74. The molecule has 0 spiro atoms. The first kappa shape index (κ1) is 18.1. The van der Waals surface area contributed by atoms with Crippen LogP contribution in [0.2, 0.25) is 0 Å². The second-order valence-electron chi connectivity index (χ2n) is 4.78. The number of hydrogen-bond acceptors (Lipinski definition) is 4. The topological polar surface area (TPSA) is 74.8 Å². The average molecular weight is 357 g/mol. The Bertz CT molecular complexity index is 790. The lowest BCUT2D eigenvalue weighted by atomic mass is 10.1. The normalized spacial score (nSPS) is 11.3. The highest BCUT2D eigenvalue weighted by Gasteiger charge is 2.33. The molecule has 1 heterocycles. The van der Waals surface area contributed by atoms with E-state index < -0.39 is 17.6 Å². The van der Waals surface area contributed by atoms with Crippen molar-refractivity contribution in [3.05, 3.63) is 51.9 Å². The number of halogens is 3. The van der Waals surface area contributed by atoms with E-state index in [2.05, 4.69) is 15.3 Å². The van der Waals surface area contributed by atoms with Crippen molar-refractivity contribution >= 4 is 23.4 Å². The molecule has 2 rings (SSSR count). The molecule has 0 fully saturated rings. The molecular weight excluding hydrogens is 343 g/mol. The Morgan fingerprint density at radius 1 is 1.33 bits per heavy atom. The quantitative estimate of drug-likeness (QED) is 0.637. The van der Waals surface area contributed by atoms with Gasteiger partial charge in [-0.15, -0.1) is 0 Å². The summed E-state index contributed by atoms with van der Waals surface area (Å²) in [5.74, 6) is -0.802. The van der Waals surface area contributed by atoms with Crippen molar-refractivity contribution in [1.29, 1.82) is 0 Å². The van der Waals surface area contributed by atoms with E-state index in [1.165, 1.54) is 24.3 Å². The number of benzene rings is 1. The lowest BCUT2D eigenvalue weighted by Gasteiger charge is -2.13. The fourth-order valence-electron chi connectivity index (χ4n) is 1.89. The summed E-state index contributed by atoms with van der Waals surface area (Å²) in [6.45, 7) is 1.83. The van der Waals surface area contributed by atoms with Crippen molar-refractivity contribution in [2.24, 2.45) is 0 Å². The van der Waals surface area contributed by atoms with Gasteiger partial charge >= 0.3 is 6.18 Å². The van der Waals surface area contributed by atoms with Gasteiger partial charge in [0.05, 0.1) is 17.0 Å². The molecule has 5 nitrogen and oxygen atoms in total. The zero-order chi connectivity index (χ0) is 17.7. The van der Waals surface area contributed by atoms with Crippen LogP contribution in [0.5, 0.6) is 0 Å². The lowest BCUT2D eigenvalue weighted by molar-refractivity contribution is -0.137. The molecular formula is C15H14F3N3O2S. The number of rotatable bonds is 5. The summed E-state index contributed by atoms with van der Waals surface area (Å²) in [7, 11) is 0. The molecule has 128 valence electrons. The van der Waals surface area contributed by atoms with Crippen LogP contribution in [-0.4, -0.2) is 21.6 Å². The van der Waals surface area contributed by atoms with Crippen molar-refractivity contribution in [2.45, 2.75) is 24.7 Å². The summed E-state index contributed by atoms with van der Waals surface area (Å²) in [6, 6.07) is 6.08. The maximum Gasteiger partial charge on any atom is 0.418 e. The summed E-state index contributed by atoms with van der Waals surface area (Å²) in [5, 5.41) is 2.48. The molecule has 0 atom stereocenters. The van der Waals surface area contributed by atoms with E-state index in [1.54, 1.807) is 0 Å². The summed E-state index contributed by atoms with van der Waals surface area (Å²) < 4.78 is 38.6. The molecule has 1 aromatic heterocycles. The first-order chi connectivity index (χ1) is 11.3. The minimum Gasteiger partial charge on any atom is -0.325 e. The summed E-state index contributed by atoms with van der Waals surface area (Å²) in [6.07, 6.45) is -4.00. The first-order valence-corrected chi connectivity index (χ1v) is 7.97. The smallest absolute Gasteiger partial charge is 0.325 e. The third-order valence-corrected chi connectivity index (χ3v) is 3.86. The van der Waals surface area contributed by atoms with Crippen LogP contribution in [0.4, 0.5) is 18.9 Å². The molecule has 0 aliphatic rings. The summed E-state index contributed by atoms with van der Waals surface area (Å²) in [4.78, 5) is 29.9. The molecule has 2 aromatic rings. The fraction of sp³-hybridized carbons (Fsp3) is 0.267. The van der Waals surface area contributed by atoms with Gasteiger partial charge in [0.25, 0.3) is 5.56 Å². The van der Waals surface area contributed by atoms with Crippen LogP contribution in [0.1, 0.15) is 18.2 Å². The number of aromatic amines is 1. The van der Waals surface area contributed by atoms with Crippen LogP contribution in [0.3, 0.4) is 0 Å². The summed E-state index contributed by atoms with van der Waals surface area (Å²) in [5.41, 5.74) is -0.988. The molecule has 9 heteroatoms. The van der Waals surface area contributed by atoms with Crippen molar-refractivity contribution < 1.29 is 18.0 Å². The predicted molar refractivity (Wildman–Crippen MR) is 85.0 cm³/mol. The third-order valence-electron chi connectivity index (χ3n) is 2.98. The van der Waals surface area contributed by atoms with E-state index in [1.807, 2.05) is 6.92 Å². The number of anilines is 1. The van der Waals surface area contributed by atoms with E-state index in [0.29, 0.717) is 12.1 Å². The molecule has 1 aromatic carbocycles. The summed E-state index contributed by atoms with van der Waals surface area (Å²) >= 11 is 0.945. The number of para-hydroxylation sites is 1. The Morgan fingerprint density at radius 3 is 2.71 bits per heavy atom. The number of carbonyl (C=O) groups is 1. The molecule has 0 aliphatic carbocycles. The molecule has 0 saturated carbocycles. The highest BCUT2D eigenvalue weighted by atomic mass is 32.2. The average Bonchev–Trinajstić information content (AvgIpc) is 2.52. The van der Waals surface area contributed by atoms with Crippen LogP contribution in [-0.2, 0) is 17.4 Å². The number of amides is 1. The van der Waals surface area contributed by atoms with Gasteiger partial charge in [-0.3, -0.25) is 9.59 Å². The number of aromatic nitrogens is 2. The number of thioether (sulfide) groups is 1. The number of carbonyl (C=O) groups excluding carboxylic acids is 1. The van der Waals surface area contributed by atoms with Crippen molar-refractivity contribution in [2.75, 3.05) is 11.1 Å². The van der Waals surface area contributed by atoms with Crippen LogP contribution in [0.25, 0.3) is 0 Å². The SMILES string of the molecule is CCc1cc(=O)[nH]c(SCC(=O)Nc2ccccc2C(F)(F)F)n1. The zero-order valence-corrected chi connectivity index (χ0v) is 13.4. The Kier molecular flexibility index (Phi) is 5.66. The molecule has 2 N–H and O–H groups in total. The van der Waals surface area contributed by atoms with Crippen molar-refractivity contribution in [3.8, 4) is 0 Å². The standard InChI is InChI=1S/C15H14F3N3O2S/c1-2-9-7-12(22)21-14(19-9)24-8-13(23)20-11-6-4-3-5-10(11)15(16,17)18/h3-7H,2,8H2,1H3,(H,20,23)(H,19,21,22). The number of H-pyrrole nitrogens is 1. The van der Waals surface area contributed by atoms with Crippen molar-refractivity contribution in [3.63, 3.8) is 0 Å². The molecule has 0 unspecified atom stereocenters. The van der Waals surface area contributed by atoms with Gasteiger partial charge in [-0.2, -0.15) is 13.2 Å². The molecule has 0 aliphatic heterocycles. The minimum atomic E-state index is -4.56. The van der Waals surface area contributed by atoms with E-state index >= 15 is 0 Å². The van der Waals surface area contributed by atoms with Gasteiger partial charge in [-0.1, -0.05) is 30.8 Å². The predicted octanol–water partition coefficient (Wildman–Crippen LogP) is 3.08. The van der Waals surface area contributed by atoms with Crippen LogP contribution >= 0.6 is 11.8 Å². The van der Waals surface area contributed by atoms with E-state index in [0.717, 1.165) is 17.8 Å². The number of nitrogens with one attached hydrogen (secondary N) is 2. The number of nitrogens with zero attached hydrogens (tertiary/aromatic N) is 1. The number of aryl methyl sites for hydroxylation is 1. The van der Waals surface area contributed by atoms with E-state index in [9.17, 15) is 22.8 Å². The van der Waals surface area contributed by atoms with Gasteiger partial charge in [0.15, 0.2) is 5.16 Å². The largest absolute Gasteiger partial charge is 0.418 e. The Balaban J connectivity index is 2.05. The van der Waals surface area contributed by atoms with Gasteiger partial charge in [-0.05, 0) is 18.6 Å². The monoisotopic (exact) mass is 357 g/mol. The van der Waals surface area contributed by atoms with Gasteiger partial charge < -0.3 is 10.3 Å². The lowest BCUT2D eigenvalue weighted by Crippen LogP contribution is -2.18. The third kappa shape index (κ3) is 4.85. The highest BCUT2D eigenvalue weighted by Crippen LogP contribution is 2.34. The fourth-order valence-corrected chi connectivity index (χ4v) is 2.59. The van der Waals surface area contributed by atoms with Gasteiger partial charge in [0.2, 0.25) is 5.91 Å². The Morgan fingerprint density at radius 2 is 2.04 bits per heavy atom. The van der Waals surface area contributed by atoms with Gasteiger partial charge in [0, 0.05) is 11.8 Å². The number of hydrogen-bond donors (Lipinski definition) is 2. The van der Waals surface area contributed by atoms with E-state index in [-0.39, 0.29) is 22.2 Å². The van der Waals surface area contributed by atoms with Crippen LogP contribution < -0.4 is 10.9 Å². The second kappa shape index (κ2) is 7.52. The molecule has 0 saturated heterocycles. The molecule has 0 bridgehead atoms. The maximum atomic E-state index is 12.9. The number of alkyl halides is 3. The molecule has 24 heavy (non-hydrogen) atoms. The van der Waals surface area contributed by atoms with Gasteiger partial charge in [-0.25, -0.2) is 4.98 Å². The Labute approximate surface area is 139 Å².